The normalized spacial score (nSPS) is 13.2. The Morgan fingerprint density at radius 1 is 1.09 bits per heavy atom. The number of anilines is 1. The molecule has 3 N–H and O–H groups in total. The second kappa shape index (κ2) is 19.1. The van der Waals surface area contributed by atoms with E-state index >= 15 is 0 Å². The van der Waals surface area contributed by atoms with E-state index in [4.69, 9.17) is 4.79 Å². The van der Waals surface area contributed by atoms with Crippen molar-refractivity contribution in [2.75, 3.05) is 19.0 Å². The van der Waals surface area contributed by atoms with Crippen LogP contribution in [0.4, 0.5) is 5.69 Å². The molecule has 1 aliphatic rings. The number of nitrogens with two attached hydrogens (primary N) is 1. The van der Waals surface area contributed by atoms with Gasteiger partial charge in [-0.05, 0) is 68.1 Å². The van der Waals surface area contributed by atoms with Crippen LogP contribution in [0.1, 0.15) is 66.0 Å². The van der Waals surface area contributed by atoms with Gasteiger partial charge in [-0.1, -0.05) is 58.0 Å². The summed E-state index contributed by atoms with van der Waals surface area (Å²) in [6, 6.07) is 16.4. The molecule has 0 aromatic heterocycles. The number of carbonyl (C=O) groups is 2. The van der Waals surface area contributed by atoms with Gasteiger partial charge in [-0.2, -0.15) is 0 Å². The fraction of sp³-hybridized carbons (Fsp3) is 0.481. The molecule has 180 valence electrons. The van der Waals surface area contributed by atoms with Gasteiger partial charge in [0.2, 0.25) is 5.91 Å². The number of benzene rings is 2. The largest absolute Gasteiger partial charge is 0.372 e. The quantitative estimate of drug-likeness (QED) is 0.606. The van der Waals surface area contributed by atoms with Crippen LogP contribution in [-0.4, -0.2) is 32.3 Å². The molecule has 0 saturated carbocycles. The van der Waals surface area contributed by atoms with E-state index in [1.165, 1.54) is 54.6 Å². The summed E-state index contributed by atoms with van der Waals surface area (Å²) in [6.07, 6.45) is 3.18. The van der Waals surface area contributed by atoms with Crippen molar-refractivity contribution in [2.45, 2.75) is 73.9 Å². The summed E-state index contributed by atoms with van der Waals surface area (Å²) in [5.41, 5.74) is 11.3. The number of hydrogen-bond acceptors (Lipinski definition) is 4. The Labute approximate surface area is 196 Å². The smallest absolute Gasteiger partial charge is 0.214 e. The number of primary amides is 1. The van der Waals surface area contributed by atoms with Crippen LogP contribution in [0.3, 0.4) is 0 Å². The molecule has 0 saturated heterocycles. The Morgan fingerprint density at radius 3 is 2.03 bits per heavy atom. The predicted octanol–water partition coefficient (Wildman–Crippen LogP) is 5.59. The molecule has 0 spiro atoms. The number of hydrogen-bond donors (Lipinski definition) is 2. The van der Waals surface area contributed by atoms with E-state index in [1.807, 2.05) is 34.7 Å². The average molecular weight is 444 g/mol. The number of rotatable bonds is 3. The summed E-state index contributed by atoms with van der Waals surface area (Å²) in [6.45, 7) is 14.0. The van der Waals surface area contributed by atoms with Gasteiger partial charge >= 0.3 is 0 Å². The number of aryl methyl sites for hydroxylation is 1. The number of amides is 1. The molecule has 0 aliphatic carbocycles. The first-order chi connectivity index (χ1) is 15.3. The number of nitrogens with zero attached hydrogens (tertiary/aromatic N) is 1. The van der Waals surface area contributed by atoms with Crippen LogP contribution in [0.5, 0.6) is 0 Å². The van der Waals surface area contributed by atoms with Crippen LogP contribution in [-0.2, 0) is 22.6 Å². The van der Waals surface area contributed by atoms with Crippen molar-refractivity contribution in [3.05, 3.63) is 53.6 Å². The maximum absolute atomic E-state index is 9.22. The van der Waals surface area contributed by atoms with Gasteiger partial charge in [-0.3, -0.25) is 4.79 Å². The molecule has 1 amide bonds. The number of carbonyl (C=O) groups excluding carboxylic acids is 2. The van der Waals surface area contributed by atoms with Crippen LogP contribution < -0.4 is 16.0 Å². The van der Waals surface area contributed by atoms with Crippen LogP contribution >= 0.6 is 0 Å². The third kappa shape index (κ3) is 11.7. The van der Waals surface area contributed by atoms with Crippen LogP contribution in [0.25, 0.3) is 11.1 Å². The maximum Gasteiger partial charge on any atom is 0.214 e. The maximum atomic E-state index is 9.22. The van der Waals surface area contributed by atoms with Gasteiger partial charge in [0.25, 0.3) is 0 Å². The summed E-state index contributed by atoms with van der Waals surface area (Å²) < 4.78 is 0. The molecule has 0 unspecified atom stereocenters. The van der Waals surface area contributed by atoms with Gasteiger partial charge < -0.3 is 20.7 Å². The standard InChI is InChI=1S/C19H24N2.C2H5NO.C2H4O.2C2H6/c1-14-4-7-18-12-17(10-11-19(18)21(14)3)16-8-5-15(6-9-16)13-20-2;1-2(3)4;1-2-3;2*1-2/h5-6,8-12,14,20H,4,7,13H2,1-3H3;1H3,(H2,3,4);2H,1H3;2*1-2H3/t14-;;;;/m0..../s1. The van der Waals surface area contributed by atoms with E-state index in [0.29, 0.717) is 6.04 Å². The van der Waals surface area contributed by atoms with E-state index < -0.39 is 0 Å². The lowest BCUT2D eigenvalue weighted by Crippen LogP contribution is -2.33. The Balaban J connectivity index is 0. The zero-order valence-electron chi connectivity index (χ0n) is 21.7. The van der Waals surface area contributed by atoms with Crippen molar-refractivity contribution in [3.63, 3.8) is 0 Å². The Bertz CT molecular complexity index is 754. The van der Waals surface area contributed by atoms with E-state index in [0.717, 1.165) is 12.8 Å². The first-order valence-electron chi connectivity index (χ1n) is 11.6. The first-order valence-corrected chi connectivity index (χ1v) is 11.6. The van der Waals surface area contributed by atoms with Crippen LogP contribution in [0.15, 0.2) is 42.5 Å². The Morgan fingerprint density at radius 2 is 1.56 bits per heavy atom. The van der Waals surface area contributed by atoms with Crippen molar-refractivity contribution >= 4 is 17.9 Å². The fourth-order valence-electron chi connectivity index (χ4n) is 3.12. The van der Waals surface area contributed by atoms with Crippen molar-refractivity contribution in [1.29, 1.82) is 0 Å². The highest BCUT2D eigenvalue weighted by molar-refractivity contribution is 5.70. The van der Waals surface area contributed by atoms with Crippen LogP contribution in [0.2, 0.25) is 0 Å². The second-order valence-electron chi connectivity index (χ2n) is 6.92. The van der Waals surface area contributed by atoms with Gasteiger partial charge in [-0.25, -0.2) is 0 Å². The van der Waals surface area contributed by atoms with Gasteiger partial charge in [0.05, 0.1) is 0 Å². The predicted molar refractivity (Wildman–Crippen MR) is 140 cm³/mol. The molecule has 2 aromatic rings. The fourth-order valence-corrected chi connectivity index (χ4v) is 3.12. The molecular formula is C27H45N3O2. The summed E-state index contributed by atoms with van der Waals surface area (Å²) in [5.74, 6) is -0.333. The van der Waals surface area contributed by atoms with E-state index in [1.54, 1.807) is 0 Å². The molecule has 1 atom stereocenters. The molecule has 0 bridgehead atoms. The summed E-state index contributed by atoms with van der Waals surface area (Å²) in [5, 5.41) is 3.19. The zero-order chi connectivity index (χ0) is 25.1. The third-order valence-electron chi connectivity index (χ3n) is 4.62. The molecule has 32 heavy (non-hydrogen) atoms. The topological polar surface area (TPSA) is 75.4 Å². The van der Waals surface area contributed by atoms with Gasteiger partial charge in [-0.15, -0.1) is 0 Å². The molecule has 5 heteroatoms. The zero-order valence-corrected chi connectivity index (χ0v) is 21.7. The number of fused-ring (bicyclic) bond motifs is 1. The average Bonchev–Trinajstić information content (AvgIpc) is 2.80. The summed E-state index contributed by atoms with van der Waals surface area (Å²) in [4.78, 5) is 20.4. The SMILES string of the molecule is CC.CC.CC(N)=O.CC=O.CNCc1ccc(-c2ccc3c(c2)CC[C@H](C)N3C)cc1. The summed E-state index contributed by atoms with van der Waals surface area (Å²) in [7, 11) is 4.18. The lowest BCUT2D eigenvalue weighted by molar-refractivity contribution is -0.116. The third-order valence-corrected chi connectivity index (χ3v) is 4.62. The molecule has 1 aliphatic heterocycles. The Kier molecular flexibility index (Phi) is 18.8. The van der Waals surface area contributed by atoms with Crippen molar-refractivity contribution in [3.8, 4) is 11.1 Å². The van der Waals surface area contributed by atoms with E-state index in [9.17, 15) is 4.79 Å². The lowest BCUT2D eigenvalue weighted by Gasteiger charge is -2.34. The highest BCUT2D eigenvalue weighted by atomic mass is 16.1. The first kappa shape index (κ1) is 31.5. The molecule has 1 heterocycles. The number of aldehydes is 1. The second-order valence-corrected chi connectivity index (χ2v) is 6.92. The minimum Gasteiger partial charge on any atom is -0.372 e. The molecule has 0 fully saturated rings. The van der Waals surface area contributed by atoms with E-state index in [-0.39, 0.29) is 5.91 Å². The van der Waals surface area contributed by atoms with Crippen molar-refractivity contribution < 1.29 is 9.59 Å². The number of nitrogens with one attached hydrogen (secondary N) is 1. The van der Waals surface area contributed by atoms with Gasteiger partial charge in [0, 0.05) is 32.2 Å². The molecule has 2 aromatic carbocycles. The minimum absolute atomic E-state index is 0.333. The summed E-state index contributed by atoms with van der Waals surface area (Å²) >= 11 is 0. The highest BCUT2D eigenvalue weighted by Gasteiger charge is 2.19. The minimum atomic E-state index is -0.333. The molecule has 5 nitrogen and oxygen atoms in total. The van der Waals surface area contributed by atoms with Crippen molar-refractivity contribution in [2.24, 2.45) is 5.73 Å². The molecular weight excluding hydrogens is 398 g/mol. The molecule has 3 rings (SSSR count). The lowest BCUT2D eigenvalue weighted by atomic mass is 9.93. The van der Waals surface area contributed by atoms with E-state index in [2.05, 4.69) is 72.4 Å². The van der Waals surface area contributed by atoms with Crippen LogP contribution in [0, 0.1) is 0 Å². The van der Waals surface area contributed by atoms with Gasteiger partial charge in [0.1, 0.15) is 6.29 Å². The Hall–Kier alpha value is -2.66. The van der Waals surface area contributed by atoms with Crippen molar-refractivity contribution in [1.82, 2.24) is 5.32 Å². The molecule has 0 radical (unpaired) electrons. The monoisotopic (exact) mass is 443 g/mol. The van der Waals surface area contributed by atoms with Gasteiger partial charge in [0.15, 0.2) is 0 Å². The highest BCUT2D eigenvalue weighted by Crippen LogP contribution is 2.33.